The van der Waals surface area contributed by atoms with Crippen LogP contribution in [0.1, 0.15) is 26.2 Å². The molecule has 30 heavy (non-hydrogen) atoms. The number of pyridine rings is 1. The summed E-state index contributed by atoms with van der Waals surface area (Å²) in [5.41, 5.74) is 1.30. The molecular weight excluding hydrogens is 403 g/mol. The van der Waals surface area contributed by atoms with Crippen molar-refractivity contribution in [2.75, 3.05) is 6.54 Å². The lowest BCUT2D eigenvalue weighted by Gasteiger charge is -2.09. The number of nitrogens with one attached hydrogen (secondary N) is 1. The SMILES string of the molecule is CCCCCNC(=O)Cn1c(=O)oc2ccc(-c3ccc(OC(F)(F)F)cc3)nc21. The maximum Gasteiger partial charge on any atom is 0.573 e. The second-order valence-electron chi connectivity index (χ2n) is 6.60. The van der Waals surface area contributed by atoms with Crippen molar-refractivity contribution in [1.29, 1.82) is 0 Å². The van der Waals surface area contributed by atoms with Gasteiger partial charge in [-0.25, -0.2) is 14.3 Å². The number of alkyl halides is 3. The molecule has 0 spiro atoms. The van der Waals surface area contributed by atoms with Crippen LogP contribution in [0, 0.1) is 0 Å². The first-order valence-electron chi connectivity index (χ1n) is 9.40. The number of fused-ring (bicyclic) bond motifs is 1. The first-order chi connectivity index (χ1) is 14.3. The van der Waals surface area contributed by atoms with E-state index < -0.39 is 12.1 Å². The minimum Gasteiger partial charge on any atom is -0.406 e. The lowest BCUT2D eigenvalue weighted by molar-refractivity contribution is -0.274. The summed E-state index contributed by atoms with van der Waals surface area (Å²) in [6.07, 6.45) is -1.91. The molecule has 0 atom stereocenters. The Kier molecular flexibility index (Phi) is 6.43. The number of rotatable bonds is 8. The number of hydrogen-bond donors (Lipinski definition) is 1. The highest BCUT2D eigenvalue weighted by atomic mass is 19.4. The molecule has 2 aromatic heterocycles. The summed E-state index contributed by atoms with van der Waals surface area (Å²) in [7, 11) is 0. The Bertz CT molecular complexity index is 1070. The minimum atomic E-state index is -4.78. The normalized spacial score (nSPS) is 11.6. The van der Waals surface area contributed by atoms with Crippen molar-refractivity contribution in [2.45, 2.75) is 39.1 Å². The number of hydrogen-bond acceptors (Lipinski definition) is 5. The van der Waals surface area contributed by atoms with Crippen LogP contribution in [0.5, 0.6) is 5.75 Å². The molecule has 160 valence electrons. The van der Waals surface area contributed by atoms with Gasteiger partial charge in [0.25, 0.3) is 0 Å². The number of unbranched alkanes of at least 4 members (excludes halogenated alkanes) is 2. The van der Waals surface area contributed by atoms with E-state index in [1.165, 1.54) is 30.3 Å². The Hall–Kier alpha value is -3.30. The van der Waals surface area contributed by atoms with Gasteiger partial charge in [-0.05, 0) is 42.8 Å². The van der Waals surface area contributed by atoms with Crippen LogP contribution in [0.4, 0.5) is 13.2 Å². The fourth-order valence-electron chi connectivity index (χ4n) is 2.87. The van der Waals surface area contributed by atoms with E-state index in [-0.39, 0.29) is 29.4 Å². The Balaban J connectivity index is 1.81. The largest absolute Gasteiger partial charge is 0.573 e. The topological polar surface area (TPSA) is 86.4 Å². The molecule has 1 amide bonds. The van der Waals surface area contributed by atoms with E-state index in [0.29, 0.717) is 17.8 Å². The van der Waals surface area contributed by atoms with Gasteiger partial charge in [-0.15, -0.1) is 13.2 Å². The smallest absolute Gasteiger partial charge is 0.406 e. The summed E-state index contributed by atoms with van der Waals surface area (Å²) in [6, 6.07) is 8.26. The predicted molar refractivity (Wildman–Crippen MR) is 103 cm³/mol. The molecule has 1 N–H and O–H groups in total. The zero-order valence-electron chi connectivity index (χ0n) is 16.2. The zero-order chi connectivity index (χ0) is 21.7. The highest BCUT2D eigenvalue weighted by molar-refractivity contribution is 5.79. The number of amides is 1. The molecule has 7 nitrogen and oxygen atoms in total. The van der Waals surface area contributed by atoms with E-state index >= 15 is 0 Å². The number of benzene rings is 1. The van der Waals surface area contributed by atoms with Crippen molar-refractivity contribution >= 4 is 17.1 Å². The average molecular weight is 423 g/mol. The van der Waals surface area contributed by atoms with Gasteiger partial charge >= 0.3 is 12.1 Å². The lowest BCUT2D eigenvalue weighted by atomic mass is 10.1. The molecule has 0 radical (unpaired) electrons. The monoisotopic (exact) mass is 423 g/mol. The van der Waals surface area contributed by atoms with Crippen LogP contribution < -0.4 is 15.8 Å². The molecular formula is C20H20F3N3O4. The van der Waals surface area contributed by atoms with Crippen LogP contribution >= 0.6 is 0 Å². The highest BCUT2D eigenvalue weighted by Crippen LogP contribution is 2.26. The fourth-order valence-corrected chi connectivity index (χ4v) is 2.87. The number of ether oxygens (including phenoxy) is 1. The third-order valence-corrected chi connectivity index (χ3v) is 4.30. The molecule has 0 unspecified atom stereocenters. The maximum absolute atomic E-state index is 12.3. The number of oxazole rings is 1. The van der Waals surface area contributed by atoms with E-state index in [4.69, 9.17) is 4.42 Å². The zero-order valence-corrected chi connectivity index (χ0v) is 16.2. The first kappa shape index (κ1) is 21.4. The van der Waals surface area contributed by atoms with Gasteiger partial charge in [-0.3, -0.25) is 4.79 Å². The van der Waals surface area contributed by atoms with E-state index in [2.05, 4.69) is 22.0 Å². The van der Waals surface area contributed by atoms with Crippen molar-refractivity contribution in [1.82, 2.24) is 14.9 Å². The van der Waals surface area contributed by atoms with Gasteiger partial charge in [0.2, 0.25) is 5.91 Å². The Labute approximate surface area is 169 Å². The number of carbonyl (C=O) groups is 1. The highest BCUT2D eigenvalue weighted by Gasteiger charge is 2.31. The van der Waals surface area contributed by atoms with Crippen molar-refractivity contribution in [3.05, 3.63) is 46.9 Å². The van der Waals surface area contributed by atoms with Crippen LogP contribution in [-0.2, 0) is 11.3 Å². The third-order valence-electron chi connectivity index (χ3n) is 4.30. The summed E-state index contributed by atoms with van der Waals surface area (Å²) in [6.45, 7) is 2.33. The second-order valence-corrected chi connectivity index (χ2v) is 6.60. The number of nitrogens with zero attached hydrogens (tertiary/aromatic N) is 2. The molecule has 0 aliphatic heterocycles. The van der Waals surface area contributed by atoms with Crippen molar-refractivity contribution in [3.8, 4) is 17.0 Å². The summed E-state index contributed by atoms with van der Waals surface area (Å²) in [5, 5.41) is 2.74. The summed E-state index contributed by atoms with van der Waals surface area (Å²) >= 11 is 0. The molecule has 0 fully saturated rings. The van der Waals surface area contributed by atoms with Crippen molar-refractivity contribution in [2.24, 2.45) is 0 Å². The third kappa shape index (κ3) is 5.40. The quantitative estimate of drug-likeness (QED) is 0.556. The molecule has 0 aliphatic carbocycles. The second kappa shape index (κ2) is 9.02. The van der Waals surface area contributed by atoms with Crippen molar-refractivity contribution in [3.63, 3.8) is 0 Å². The molecule has 3 aromatic rings. The Morgan fingerprint density at radius 3 is 2.57 bits per heavy atom. The summed E-state index contributed by atoms with van der Waals surface area (Å²) in [5.74, 6) is -1.41. The molecule has 0 bridgehead atoms. The number of halogens is 3. The molecule has 1 aromatic carbocycles. The lowest BCUT2D eigenvalue weighted by Crippen LogP contribution is -2.31. The van der Waals surface area contributed by atoms with Gasteiger partial charge < -0.3 is 14.5 Å². The first-order valence-corrected chi connectivity index (χ1v) is 9.40. The maximum atomic E-state index is 12.3. The van der Waals surface area contributed by atoms with Crippen LogP contribution in [0.15, 0.2) is 45.6 Å². The van der Waals surface area contributed by atoms with Gasteiger partial charge in [0.05, 0.1) is 5.69 Å². The van der Waals surface area contributed by atoms with Gasteiger partial charge in [0.15, 0.2) is 11.2 Å². The van der Waals surface area contributed by atoms with E-state index in [1.807, 2.05) is 0 Å². The molecule has 2 heterocycles. The fraction of sp³-hybridized carbons (Fsp3) is 0.350. The molecule has 0 aliphatic rings. The molecule has 0 saturated carbocycles. The van der Waals surface area contributed by atoms with Crippen molar-refractivity contribution < 1.29 is 27.1 Å². The van der Waals surface area contributed by atoms with Crippen LogP contribution in [0.2, 0.25) is 0 Å². The summed E-state index contributed by atoms with van der Waals surface area (Å²) in [4.78, 5) is 28.6. The van der Waals surface area contributed by atoms with E-state index in [1.54, 1.807) is 6.07 Å². The van der Waals surface area contributed by atoms with Gasteiger partial charge in [0.1, 0.15) is 12.3 Å². The number of carbonyl (C=O) groups excluding carboxylic acids is 1. The standard InChI is InChI=1S/C20H20F3N3O4/c1-2-3-4-11-24-17(27)12-26-18-16(29-19(26)28)10-9-15(25-18)13-5-7-14(8-6-13)30-20(21,22)23/h5-10H,2-4,11-12H2,1H3,(H,24,27). The average Bonchev–Trinajstić information content (AvgIpc) is 2.99. The predicted octanol–water partition coefficient (Wildman–Crippen LogP) is 3.86. The van der Waals surface area contributed by atoms with Crippen LogP contribution in [0.25, 0.3) is 22.5 Å². The van der Waals surface area contributed by atoms with Crippen LogP contribution in [-0.4, -0.2) is 28.4 Å². The minimum absolute atomic E-state index is 0.178. The molecule has 0 saturated heterocycles. The van der Waals surface area contributed by atoms with Gasteiger partial charge in [0, 0.05) is 12.1 Å². The Morgan fingerprint density at radius 2 is 1.90 bits per heavy atom. The van der Waals surface area contributed by atoms with E-state index in [9.17, 15) is 22.8 Å². The Morgan fingerprint density at radius 1 is 1.17 bits per heavy atom. The summed E-state index contributed by atoms with van der Waals surface area (Å²) < 4.78 is 47.0. The molecule has 3 rings (SSSR count). The van der Waals surface area contributed by atoms with Gasteiger partial charge in [-0.2, -0.15) is 0 Å². The number of aromatic nitrogens is 2. The van der Waals surface area contributed by atoms with E-state index in [0.717, 1.165) is 23.8 Å². The van der Waals surface area contributed by atoms with Gasteiger partial charge in [-0.1, -0.05) is 19.8 Å². The van der Waals surface area contributed by atoms with Crippen LogP contribution in [0.3, 0.4) is 0 Å². The molecule has 10 heteroatoms.